The third-order valence-corrected chi connectivity index (χ3v) is 4.65. The van der Waals surface area contributed by atoms with Gasteiger partial charge in [0.25, 0.3) is 0 Å². The quantitative estimate of drug-likeness (QED) is 0.186. The van der Waals surface area contributed by atoms with Gasteiger partial charge in [0.15, 0.2) is 0 Å². The Balaban J connectivity index is 0.00000208. The number of phosphoric acid groups is 1. The zero-order valence-electron chi connectivity index (χ0n) is 13.0. The fourth-order valence-electron chi connectivity index (χ4n) is 3.14. The Labute approximate surface area is 159 Å². The molecule has 0 bridgehead atoms. The van der Waals surface area contributed by atoms with Crippen LogP contribution in [0.3, 0.4) is 0 Å². The first-order valence-corrected chi connectivity index (χ1v) is 8.63. The van der Waals surface area contributed by atoms with Crippen molar-refractivity contribution in [3.63, 3.8) is 0 Å². The smallest absolute Gasteiger partial charge is 0.394 e. The summed E-state index contributed by atoms with van der Waals surface area (Å²) in [6.07, 6.45) is -3.40. The molecule has 6 unspecified atom stereocenters. The first-order valence-electron chi connectivity index (χ1n) is 7.10. The zero-order valence-corrected chi connectivity index (χ0v) is 15.9. The van der Waals surface area contributed by atoms with Crippen molar-refractivity contribution < 1.29 is 33.5 Å². The van der Waals surface area contributed by atoms with Crippen molar-refractivity contribution in [3.05, 3.63) is 0 Å². The number of amides is 1. The van der Waals surface area contributed by atoms with Crippen LogP contribution in [0.1, 0.15) is 6.42 Å². The molecule has 14 heteroatoms. The van der Waals surface area contributed by atoms with E-state index >= 15 is 0 Å². The average molecular weight is 376 g/mol. The van der Waals surface area contributed by atoms with Crippen LogP contribution in [0.4, 0.5) is 0 Å². The second-order valence-corrected chi connectivity index (χ2v) is 6.83. The van der Waals surface area contributed by atoms with E-state index in [9.17, 15) is 14.5 Å². The van der Waals surface area contributed by atoms with Gasteiger partial charge in [-0.2, -0.15) is 0 Å². The molecule has 133 valence electrons. The average Bonchev–Trinajstić information content (AvgIpc) is 3.00. The number of aliphatic hydroxyl groups is 1. The van der Waals surface area contributed by atoms with Crippen molar-refractivity contribution in [1.29, 1.82) is 0 Å². The van der Waals surface area contributed by atoms with Gasteiger partial charge in [0.2, 0.25) is 5.91 Å². The summed E-state index contributed by atoms with van der Waals surface area (Å²) < 4.78 is 21.3. The molecule has 24 heavy (non-hydrogen) atoms. The molecule has 1 amide bonds. The van der Waals surface area contributed by atoms with E-state index < -0.39 is 51.4 Å². The van der Waals surface area contributed by atoms with Crippen molar-refractivity contribution >= 4 is 43.3 Å². The van der Waals surface area contributed by atoms with Gasteiger partial charge < -0.3 is 24.9 Å². The standard InChI is InChI=1S/C10H20N5O7P.Na/c11-10-13-8-7(9(17)14-10)12-3-15(8)6-1-4(5(2-16)21-6)22-23(18,19)20;/h4-8,10,12-13,16H,1-3,11H2,(H,14,17)(H2,18,19,20);. The number of carbonyl (C=O) groups excluding carboxylic acids is 1. The molecule has 3 heterocycles. The number of hydrogen-bond donors (Lipinski definition) is 7. The van der Waals surface area contributed by atoms with Crippen LogP contribution in [-0.4, -0.2) is 105 Å². The van der Waals surface area contributed by atoms with Crippen LogP contribution in [0, 0.1) is 0 Å². The Kier molecular flexibility index (Phi) is 6.82. The maximum absolute atomic E-state index is 11.9. The Morgan fingerprint density at radius 1 is 1.46 bits per heavy atom. The minimum atomic E-state index is -4.70. The van der Waals surface area contributed by atoms with Crippen molar-refractivity contribution in [1.82, 2.24) is 20.9 Å². The van der Waals surface area contributed by atoms with E-state index in [1.165, 1.54) is 0 Å². The summed E-state index contributed by atoms with van der Waals surface area (Å²) in [7, 11) is -4.70. The normalized spacial score (nSPS) is 40.1. The van der Waals surface area contributed by atoms with Crippen molar-refractivity contribution in [2.24, 2.45) is 5.73 Å². The maximum Gasteiger partial charge on any atom is 0.469 e. The van der Waals surface area contributed by atoms with Crippen LogP contribution in [0.2, 0.25) is 0 Å². The van der Waals surface area contributed by atoms with E-state index in [0.717, 1.165) is 0 Å². The summed E-state index contributed by atoms with van der Waals surface area (Å²) in [6.45, 7) is -0.127. The fourth-order valence-corrected chi connectivity index (χ4v) is 3.71. The van der Waals surface area contributed by atoms with Gasteiger partial charge in [-0.1, -0.05) is 0 Å². The first-order chi connectivity index (χ1) is 10.8. The first kappa shape index (κ1) is 20.6. The number of rotatable bonds is 4. The van der Waals surface area contributed by atoms with Gasteiger partial charge in [-0.05, 0) is 0 Å². The maximum atomic E-state index is 11.9. The molecular weight excluding hydrogens is 356 g/mol. The molecule has 0 spiro atoms. The SMILES string of the molecule is NC1NC(=O)C2NCN(C3CC(OP(=O)(O)O)C(CO)O3)C2N1.[Na]. The van der Waals surface area contributed by atoms with Crippen LogP contribution in [0.15, 0.2) is 0 Å². The van der Waals surface area contributed by atoms with E-state index in [2.05, 4.69) is 20.5 Å². The van der Waals surface area contributed by atoms with Gasteiger partial charge >= 0.3 is 7.82 Å². The second kappa shape index (κ2) is 7.92. The van der Waals surface area contributed by atoms with E-state index in [-0.39, 0.29) is 41.9 Å². The monoisotopic (exact) mass is 376 g/mol. The van der Waals surface area contributed by atoms with Gasteiger partial charge in [0, 0.05) is 36.0 Å². The molecule has 0 aromatic carbocycles. The van der Waals surface area contributed by atoms with E-state index in [1.54, 1.807) is 4.90 Å². The minimum Gasteiger partial charge on any atom is -0.394 e. The molecule has 12 nitrogen and oxygen atoms in total. The Morgan fingerprint density at radius 2 is 2.17 bits per heavy atom. The number of hydrogen-bond acceptors (Lipinski definition) is 9. The summed E-state index contributed by atoms with van der Waals surface area (Å²) in [5, 5.41) is 17.9. The molecule has 3 aliphatic heterocycles. The Morgan fingerprint density at radius 3 is 2.79 bits per heavy atom. The Bertz CT molecular complexity index is 524. The number of nitrogens with zero attached hydrogens (tertiary/aromatic N) is 1. The van der Waals surface area contributed by atoms with Crippen molar-refractivity contribution in [3.8, 4) is 0 Å². The summed E-state index contributed by atoms with van der Waals surface area (Å²) in [5.41, 5.74) is 5.70. The fraction of sp³-hybridized carbons (Fsp3) is 0.900. The van der Waals surface area contributed by atoms with Crippen LogP contribution in [-0.2, 0) is 18.6 Å². The number of nitrogens with one attached hydrogen (secondary N) is 3. The largest absolute Gasteiger partial charge is 0.469 e. The van der Waals surface area contributed by atoms with E-state index in [1.807, 2.05) is 0 Å². The molecule has 3 aliphatic rings. The molecule has 3 saturated heterocycles. The Hall–Kier alpha value is 0.340. The van der Waals surface area contributed by atoms with Gasteiger partial charge in [0.1, 0.15) is 30.8 Å². The van der Waals surface area contributed by atoms with Gasteiger partial charge in [-0.15, -0.1) is 0 Å². The molecule has 3 rings (SSSR count). The summed E-state index contributed by atoms with van der Waals surface area (Å²) in [4.78, 5) is 31.6. The molecule has 8 N–H and O–H groups in total. The van der Waals surface area contributed by atoms with Gasteiger partial charge in [0.05, 0.1) is 19.4 Å². The van der Waals surface area contributed by atoms with Gasteiger partial charge in [-0.25, -0.2) is 9.46 Å². The molecular formula is C10H20N5NaO7P. The topological polar surface area (TPSA) is 179 Å². The van der Waals surface area contributed by atoms with Crippen LogP contribution >= 0.6 is 7.82 Å². The third kappa shape index (κ3) is 4.35. The number of aliphatic hydroxyl groups excluding tert-OH is 1. The van der Waals surface area contributed by atoms with Crippen molar-refractivity contribution in [2.75, 3.05) is 13.3 Å². The summed E-state index contributed by atoms with van der Waals surface area (Å²) in [6, 6.07) is -0.521. The third-order valence-electron chi connectivity index (χ3n) is 4.10. The minimum absolute atomic E-state index is 0. The van der Waals surface area contributed by atoms with Gasteiger partial charge in [-0.3, -0.25) is 25.7 Å². The number of ether oxygens (including phenoxy) is 1. The number of fused-ring (bicyclic) bond motifs is 1. The number of phosphoric ester groups is 1. The molecule has 0 aromatic rings. The van der Waals surface area contributed by atoms with Crippen LogP contribution in [0.25, 0.3) is 0 Å². The molecule has 6 atom stereocenters. The molecule has 0 aliphatic carbocycles. The number of nitrogens with two attached hydrogens (primary N) is 1. The van der Waals surface area contributed by atoms with Crippen molar-refractivity contribution in [2.45, 2.75) is 43.4 Å². The zero-order chi connectivity index (χ0) is 16.8. The van der Waals surface area contributed by atoms with Crippen LogP contribution in [0.5, 0.6) is 0 Å². The summed E-state index contributed by atoms with van der Waals surface area (Å²) in [5.74, 6) is -0.247. The molecule has 0 aromatic heterocycles. The molecule has 1 radical (unpaired) electrons. The molecule has 0 saturated carbocycles. The second-order valence-electron chi connectivity index (χ2n) is 5.63. The predicted octanol–water partition coefficient (Wildman–Crippen LogP) is -4.29. The van der Waals surface area contributed by atoms with E-state index in [0.29, 0.717) is 6.67 Å². The predicted molar refractivity (Wildman–Crippen MR) is 79.7 cm³/mol. The summed E-state index contributed by atoms with van der Waals surface area (Å²) >= 11 is 0. The van der Waals surface area contributed by atoms with E-state index in [4.69, 9.17) is 20.3 Å². The molecule has 3 fully saturated rings. The van der Waals surface area contributed by atoms with Crippen LogP contribution < -0.4 is 21.7 Å². The number of carbonyl (C=O) groups is 1.